The lowest BCUT2D eigenvalue weighted by atomic mass is 10.1. The van der Waals surface area contributed by atoms with E-state index >= 15 is 0 Å². The third-order valence-electron chi connectivity index (χ3n) is 4.07. The highest BCUT2D eigenvalue weighted by Gasteiger charge is 2.19. The summed E-state index contributed by atoms with van der Waals surface area (Å²) in [4.78, 5) is 12.5. The Morgan fingerprint density at radius 3 is 2.69 bits per heavy atom. The predicted molar refractivity (Wildman–Crippen MR) is 114 cm³/mol. The van der Waals surface area contributed by atoms with Crippen molar-refractivity contribution in [2.24, 2.45) is 12.8 Å². The predicted octanol–water partition coefficient (Wildman–Crippen LogP) is 4.36. The lowest BCUT2D eigenvalue weighted by Gasteiger charge is -2.21. The van der Waals surface area contributed by atoms with Gasteiger partial charge in [-0.3, -0.25) is 9.48 Å². The van der Waals surface area contributed by atoms with Crippen LogP contribution in [0.15, 0.2) is 53.1 Å². The van der Waals surface area contributed by atoms with Crippen LogP contribution in [0.1, 0.15) is 24.2 Å². The Morgan fingerprint density at radius 1 is 1.31 bits per heavy atom. The molecular formula is C21H22BrFN4O2. The molecule has 0 unspecified atom stereocenters. The number of anilines is 1. The first-order valence-electron chi connectivity index (χ1n) is 8.94. The molecule has 0 saturated heterocycles. The normalized spacial score (nSPS) is 11.4. The van der Waals surface area contributed by atoms with Crippen molar-refractivity contribution in [1.29, 1.82) is 0 Å². The SMILES string of the molecule is Cn1ncc(Br)c1-c1cc(NC(=O)c2cccc(F)c2)ccc1OCC(C)(C)N. The van der Waals surface area contributed by atoms with E-state index in [2.05, 4.69) is 26.3 Å². The molecule has 3 rings (SSSR count). The van der Waals surface area contributed by atoms with Gasteiger partial charge in [0, 0.05) is 29.4 Å². The van der Waals surface area contributed by atoms with Gasteiger partial charge in [0.2, 0.25) is 0 Å². The fourth-order valence-corrected chi connectivity index (χ4v) is 3.29. The summed E-state index contributed by atoms with van der Waals surface area (Å²) in [6.07, 6.45) is 1.68. The Hall–Kier alpha value is -2.71. The quantitative estimate of drug-likeness (QED) is 0.572. The highest BCUT2D eigenvalue weighted by atomic mass is 79.9. The van der Waals surface area contributed by atoms with Crippen molar-refractivity contribution in [3.05, 3.63) is 64.5 Å². The van der Waals surface area contributed by atoms with Gasteiger partial charge in [-0.05, 0) is 66.2 Å². The van der Waals surface area contributed by atoms with Crippen molar-refractivity contribution in [2.45, 2.75) is 19.4 Å². The zero-order chi connectivity index (χ0) is 21.2. The van der Waals surface area contributed by atoms with Crippen LogP contribution in [0.5, 0.6) is 5.75 Å². The fraction of sp³-hybridized carbons (Fsp3) is 0.238. The van der Waals surface area contributed by atoms with Gasteiger partial charge in [0.25, 0.3) is 5.91 Å². The molecule has 1 amide bonds. The molecule has 1 heterocycles. The van der Waals surface area contributed by atoms with Gasteiger partial charge in [0.1, 0.15) is 18.2 Å². The molecule has 0 fully saturated rings. The average molecular weight is 461 g/mol. The van der Waals surface area contributed by atoms with E-state index in [1.54, 1.807) is 35.1 Å². The lowest BCUT2D eigenvalue weighted by molar-refractivity contribution is 0.102. The summed E-state index contributed by atoms with van der Waals surface area (Å²) in [6, 6.07) is 10.8. The molecule has 29 heavy (non-hydrogen) atoms. The Balaban J connectivity index is 1.96. The number of aromatic nitrogens is 2. The van der Waals surface area contributed by atoms with Crippen molar-refractivity contribution < 1.29 is 13.9 Å². The molecule has 0 radical (unpaired) electrons. The maximum atomic E-state index is 13.4. The number of hydrogen-bond acceptors (Lipinski definition) is 4. The maximum Gasteiger partial charge on any atom is 0.255 e. The molecule has 0 aliphatic heterocycles. The van der Waals surface area contributed by atoms with Crippen LogP contribution in [0.4, 0.5) is 10.1 Å². The highest BCUT2D eigenvalue weighted by Crippen LogP contribution is 2.37. The Kier molecular flexibility index (Phi) is 6.04. The molecular weight excluding hydrogens is 439 g/mol. The largest absolute Gasteiger partial charge is 0.491 e. The van der Waals surface area contributed by atoms with Gasteiger partial charge in [0.15, 0.2) is 0 Å². The minimum absolute atomic E-state index is 0.235. The summed E-state index contributed by atoms with van der Waals surface area (Å²) >= 11 is 3.51. The van der Waals surface area contributed by atoms with E-state index in [9.17, 15) is 9.18 Å². The van der Waals surface area contributed by atoms with Crippen LogP contribution in [-0.2, 0) is 7.05 Å². The number of aryl methyl sites for hydroxylation is 1. The third kappa shape index (κ3) is 5.21. The molecule has 6 nitrogen and oxygen atoms in total. The number of carbonyl (C=O) groups is 1. The number of carbonyl (C=O) groups excluding carboxylic acids is 1. The van der Waals surface area contributed by atoms with Gasteiger partial charge in [-0.25, -0.2) is 4.39 Å². The van der Waals surface area contributed by atoms with E-state index in [-0.39, 0.29) is 5.56 Å². The monoisotopic (exact) mass is 460 g/mol. The number of ether oxygens (including phenoxy) is 1. The van der Waals surface area contributed by atoms with Crippen molar-refractivity contribution in [3.8, 4) is 17.0 Å². The van der Waals surface area contributed by atoms with Crippen LogP contribution in [0.2, 0.25) is 0 Å². The average Bonchev–Trinajstić information content (AvgIpc) is 2.98. The smallest absolute Gasteiger partial charge is 0.255 e. The summed E-state index contributed by atoms with van der Waals surface area (Å²) < 4.78 is 21.9. The molecule has 0 bridgehead atoms. The summed E-state index contributed by atoms with van der Waals surface area (Å²) in [7, 11) is 1.81. The minimum Gasteiger partial charge on any atom is -0.491 e. The standard InChI is InChI=1S/C21H22BrFN4O2/c1-21(2,24)12-29-18-8-7-15(10-16(18)19-17(22)11-25-27(19)3)26-20(28)13-5-4-6-14(23)9-13/h4-11H,12,24H2,1-3H3,(H,26,28). The maximum absolute atomic E-state index is 13.4. The molecule has 8 heteroatoms. The van der Waals surface area contributed by atoms with Gasteiger partial charge in [-0.1, -0.05) is 6.07 Å². The number of halogens is 2. The molecule has 0 saturated carbocycles. The summed E-state index contributed by atoms with van der Waals surface area (Å²) in [5.41, 5.74) is 7.84. The van der Waals surface area contributed by atoms with Crippen LogP contribution in [-0.4, -0.2) is 27.8 Å². The van der Waals surface area contributed by atoms with E-state index in [0.717, 1.165) is 15.7 Å². The molecule has 3 aromatic rings. The van der Waals surface area contributed by atoms with E-state index in [4.69, 9.17) is 10.5 Å². The highest BCUT2D eigenvalue weighted by molar-refractivity contribution is 9.10. The van der Waals surface area contributed by atoms with E-state index in [1.165, 1.54) is 18.2 Å². The van der Waals surface area contributed by atoms with Crippen molar-refractivity contribution >= 4 is 27.5 Å². The molecule has 2 aromatic carbocycles. The number of amides is 1. The zero-order valence-corrected chi connectivity index (χ0v) is 18.0. The molecule has 0 aliphatic carbocycles. The minimum atomic E-state index is -0.509. The third-order valence-corrected chi connectivity index (χ3v) is 4.65. The summed E-state index contributed by atoms with van der Waals surface area (Å²) in [6.45, 7) is 4.06. The van der Waals surface area contributed by atoms with Gasteiger partial charge >= 0.3 is 0 Å². The molecule has 0 aliphatic rings. The summed E-state index contributed by atoms with van der Waals surface area (Å²) in [5.74, 6) is -0.266. The Morgan fingerprint density at radius 2 is 2.07 bits per heavy atom. The van der Waals surface area contributed by atoms with Crippen molar-refractivity contribution in [2.75, 3.05) is 11.9 Å². The van der Waals surface area contributed by atoms with E-state index < -0.39 is 17.3 Å². The summed E-state index contributed by atoms with van der Waals surface area (Å²) in [5, 5.41) is 7.05. The van der Waals surface area contributed by atoms with Gasteiger partial charge in [-0.15, -0.1) is 0 Å². The molecule has 0 spiro atoms. The van der Waals surface area contributed by atoms with Gasteiger partial charge < -0.3 is 15.8 Å². The molecule has 3 N–H and O–H groups in total. The van der Waals surface area contributed by atoms with Crippen LogP contribution < -0.4 is 15.8 Å². The van der Waals surface area contributed by atoms with Crippen LogP contribution in [0.25, 0.3) is 11.3 Å². The number of rotatable bonds is 6. The Labute approximate surface area is 177 Å². The van der Waals surface area contributed by atoms with Crippen LogP contribution >= 0.6 is 15.9 Å². The van der Waals surface area contributed by atoms with Crippen molar-refractivity contribution in [1.82, 2.24) is 9.78 Å². The van der Waals surface area contributed by atoms with Crippen molar-refractivity contribution in [3.63, 3.8) is 0 Å². The fourth-order valence-electron chi connectivity index (χ4n) is 2.73. The number of benzene rings is 2. The zero-order valence-electron chi connectivity index (χ0n) is 16.4. The first-order chi connectivity index (χ1) is 13.6. The molecule has 152 valence electrons. The number of hydrogen-bond donors (Lipinski definition) is 2. The van der Waals surface area contributed by atoms with Gasteiger partial charge in [0.05, 0.1) is 16.4 Å². The topological polar surface area (TPSA) is 82.2 Å². The second kappa shape index (κ2) is 8.34. The Bertz CT molecular complexity index is 1020. The first kappa shape index (κ1) is 21.0. The second-order valence-corrected chi connectivity index (χ2v) is 8.27. The van der Waals surface area contributed by atoms with E-state index in [1.807, 2.05) is 20.9 Å². The number of nitrogens with two attached hydrogens (primary N) is 1. The first-order valence-corrected chi connectivity index (χ1v) is 9.74. The number of nitrogens with zero attached hydrogens (tertiary/aromatic N) is 2. The number of nitrogens with one attached hydrogen (secondary N) is 1. The van der Waals surface area contributed by atoms with Crippen LogP contribution in [0, 0.1) is 5.82 Å². The molecule has 1 aromatic heterocycles. The molecule has 0 atom stereocenters. The van der Waals surface area contributed by atoms with Gasteiger partial charge in [-0.2, -0.15) is 5.10 Å². The second-order valence-electron chi connectivity index (χ2n) is 7.42. The van der Waals surface area contributed by atoms with Crippen LogP contribution in [0.3, 0.4) is 0 Å². The van der Waals surface area contributed by atoms with E-state index in [0.29, 0.717) is 18.0 Å². The lowest BCUT2D eigenvalue weighted by Crippen LogP contribution is -2.38.